The van der Waals surface area contributed by atoms with Crippen LogP contribution in [0.3, 0.4) is 0 Å². The summed E-state index contributed by atoms with van der Waals surface area (Å²) in [6.07, 6.45) is 1.78. The Balaban J connectivity index is 2.19. The summed E-state index contributed by atoms with van der Waals surface area (Å²) in [5, 5.41) is 11.9. The van der Waals surface area contributed by atoms with E-state index in [0.717, 1.165) is 0 Å². The molecule has 1 aliphatic heterocycles. The molecule has 0 saturated carbocycles. The van der Waals surface area contributed by atoms with Gasteiger partial charge in [0.15, 0.2) is 5.54 Å². The van der Waals surface area contributed by atoms with Gasteiger partial charge in [0.25, 0.3) is 5.91 Å². The fourth-order valence-corrected chi connectivity index (χ4v) is 1.98. The van der Waals surface area contributed by atoms with Crippen LogP contribution in [0.4, 0.5) is 5.82 Å². The molecule has 0 radical (unpaired) electrons. The Labute approximate surface area is 116 Å². The number of aromatic nitrogens is 1. The maximum Gasteiger partial charge on any atom is 0.331 e. The normalized spacial score (nSPS) is 21.5. The van der Waals surface area contributed by atoms with Crippen molar-refractivity contribution in [3.8, 4) is 0 Å². The Morgan fingerprint density at radius 1 is 1.50 bits per heavy atom. The molecular weight excluding hydrogens is 262 g/mol. The second-order valence-corrected chi connectivity index (χ2v) is 4.94. The number of carboxylic acids is 1. The third kappa shape index (κ3) is 2.72. The van der Waals surface area contributed by atoms with Gasteiger partial charge in [-0.2, -0.15) is 0 Å². The molecule has 1 fully saturated rings. The van der Waals surface area contributed by atoms with E-state index in [1.165, 1.54) is 6.20 Å². The molecule has 1 amide bonds. The van der Waals surface area contributed by atoms with E-state index in [1.807, 2.05) is 14.1 Å². The summed E-state index contributed by atoms with van der Waals surface area (Å²) in [6.45, 7) is 0.311. The topological polar surface area (TPSA) is 91.8 Å². The van der Waals surface area contributed by atoms with Crippen LogP contribution in [-0.2, 0) is 9.53 Å². The van der Waals surface area contributed by atoms with Crippen molar-refractivity contribution in [1.29, 1.82) is 0 Å². The molecule has 0 aliphatic carbocycles. The molecule has 2 heterocycles. The Hall–Kier alpha value is -2.15. The predicted octanol–water partition coefficient (Wildman–Crippen LogP) is 0.121. The summed E-state index contributed by atoms with van der Waals surface area (Å²) >= 11 is 0. The molecule has 1 aliphatic rings. The zero-order valence-electron chi connectivity index (χ0n) is 11.4. The van der Waals surface area contributed by atoms with Gasteiger partial charge < -0.3 is 20.1 Å². The highest BCUT2D eigenvalue weighted by atomic mass is 16.5. The molecule has 1 aromatic heterocycles. The molecule has 2 N–H and O–H groups in total. The molecule has 2 rings (SSSR count). The highest BCUT2D eigenvalue weighted by Gasteiger charge is 2.44. The third-order valence-corrected chi connectivity index (χ3v) is 3.25. The molecule has 0 aromatic carbocycles. The van der Waals surface area contributed by atoms with Gasteiger partial charge in [0.05, 0.1) is 6.61 Å². The van der Waals surface area contributed by atoms with Crippen LogP contribution in [0.15, 0.2) is 18.3 Å². The smallest absolute Gasteiger partial charge is 0.331 e. The standard InChI is InChI=1S/C13H17N3O4/c1-16(2)10-7-9(3-5-14-10)11(17)15-13(12(18)19)4-6-20-8-13/h3,5,7H,4,6,8H2,1-2H3,(H,15,17)(H,18,19). The molecule has 0 spiro atoms. The SMILES string of the molecule is CN(C)c1cc(C(=O)NC2(C(=O)O)CCOC2)ccn1. The monoisotopic (exact) mass is 279 g/mol. The van der Waals surface area contributed by atoms with Crippen LogP contribution in [0.2, 0.25) is 0 Å². The van der Waals surface area contributed by atoms with Gasteiger partial charge in [-0.15, -0.1) is 0 Å². The maximum absolute atomic E-state index is 12.2. The van der Waals surface area contributed by atoms with E-state index in [4.69, 9.17) is 4.74 Å². The van der Waals surface area contributed by atoms with Gasteiger partial charge in [-0.25, -0.2) is 9.78 Å². The number of nitrogens with zero attached hydrogens (tertiary/aromatic N) is 2. The number of carboxylic acid groups (broad SMARTS) is 1. The number of aliphatic carboxylic acids is 1. The first kappa shape index (κ1) is 14.3. The molecule has 20 heavy (non-hydrogen) atoms. The summed E-state index contributed by atoms with van der Waals surface area (Å²) in [5.41, 5.74) is -0.963. The number of hydrogen-bond acceptors (Lipinski definition) is 5. The summed E-state index contributed by atoms with van der Waals surface area (Å²) in [4.78, 5) is 29.4. The van der Waals surface area contributed by atoms with Crippen molar-refractivity contribution in [2.75, 3.05) is 32.2 Å². The van der Waals surface area contributed by atoms with Gasteiger partial charge in [-0.1, -0.05) is 0 Å². The molecular formula is C13H17N3O4. The lowest BCUT2D eigenvalue weighted by molar-refractivity contribution is -0.144. The van der Waals surface area contributed by atoms with E-state index in [2.05, 4.69) is 10.3 Å². The van der Waals surface area contributed by atoms with Gasteiger partial charge in [0.1, 0.15) is 5.82 Å². The quantitative estimate of drug-likeness (QED) is 0.813. The Kier molecular flexibility index (Phi) is 3.89. The zero-order valence-corrected chi connectivity index (χ0v) is 11.4. The average Bonchev–Trinajstić information content (AvgIpc) is 2.88. The molecule has 0 bridgehead atoms. The highest BCUT2D eigenvalue weighted by molar-refractivity contribution is 5.98. The second kappa shape index (κ2) is 5.46. The van der Waals surface area contributed by atoms with E-state index >= 15 is 0 Å². The van der Waals surface area contributed by atoms with Crippen molar-refractivity contribution < 1.29 is 19.4 Å². The Morgan fingerprint density at radius 2 is 2.25 bits per heavy atom. The van der Waals surface area contributed by atoms with E-state index in [1.54, 1.807) is 17.0 Å². The van der Waals surface area contributed by atoms with Crippen LogP contribution >= 0.6 is 0 Å². The predicted molar refractivity (Wildman–Crippen MR) is 71.8 cm³/mol. The zero-order chi connectivity index (χ0) is 14.8. The lowest BCUT2D eigenvalue weighted by Crippen LogP contribution is -2.55. The first-order chi connectivity index (χ1) is 9.44. The van der Waals surface area contributed by atoms with Crippen LogP contribution < -0.4 is 10.2 Å². The van der Waals surface area contributed by atoms with Crippen molar-refractivity contribution in [1.82, 2.24) is 10.3 Å². The van der Waals surface area contributed by atoms with Crippen LogP contribution in [0.1, 0.15) is 16.8 Å². The first-order valence-electron chi connectivity index (χ1n) is 6.22. The number of nitrogens with one attached hydrogen (secondary N) is 1. The van der Waals surface area contributed by atoms with Crippen LogP contribution in [0.25, 0.3) is 0 Å². The number of anilines is 1. The Morgan fingerprint density at radius 3 is 2.80 bits per heavy atom. The van der Waals surface area contributed by atoms with Crippen LogP contribution in [0.5, 0.6) is 0 Å². The highest BCUT2D eigenvalue weighted by Crippen LogP contribution is 2.20. The summed E-state index contributed by atoms with van der Waals surface area (Å²) in [7, 11) is 3.63. The molecule has 7 nitrogen and oxygen atoms in total. The largest absolute Gasteiger partial charge is 0.479 e. The number of amides is 1. The lowest BCUT2D eigenvalue weighted by atomic mass is 9.98. The maximum atomic E-state index is 12.2. The minimum absolute atomic E-state index is 0.0142. The Bertz CT molecular complexity index is 524. The number of hydrogen-bond donors (Lipinski definition) is 2. The fraction of sp³-hybridized carbons (Fsp3) is 0.462. The second-order valence-electron chi connectivity index (χ2n) is 4.94. The first-order valence-corrected chi connectivity index (χ1v) is 6.22. The summed E-state index contributed by atoms with van der Waals surface area (Å²) in [6, 6.07) is 3.16. The number of carbonyl (C=O) groups excluding carboxylic acids is 1. The lowest BCUT2D eigenvalue weighted by Gasteiger charge is -2.23. The van der Waals surface area contributed by atoms with Crippen molar-refractivity contribution in [3.05, 3.63) is 23.9 Å². The molecule has 1 atom stereocenters. The van der Waals surface area contributed by atoms with E-state index in [-0.39, 0.29) is 13.0 Å². The van der Waals surface area contributed by atoms with Gasteiger partial charge in [-0.3, -0.25) is 4.79 Å². The van der Waals surface area contributed by atoms with Crippen LogP contribution in [-0.4, -0.2) is 54.8 Å². The van der Waals surface area contributed by atoms with Crippen molar-refractivity contribution in [2.24, 2.45) is 0 Å². The number of pyridine rings is 1. The summed E-state index contributed by atoms with van der Waals surface area (Å²) < 4.78 is 5.10. The molecule has 1 aromatic rings. The molecule has 1 unspecified atom stereocenters. The third-order valence-electron chi connectivity index (χ3n) is 3.25. The van der Waals surface area contributed by atoms with E-state index in [9.17, 15) is 14.7 Å². The number of carbonyl (C=O) groups is 2. The minimum Gasteiger partial charge on any atom is -0.479 e. The van der Waals surface area contributed by atoms with Gasteiger partial charge >= 0.3 is 5.97 Å². The van der Waals surface area contributed by atoms with Crippen molar-refractivity contribution in [3.63, 3.8) is 0 Å². The summed E-state index contributed by atoms with van der Waals surface area (Å²) in [5.74, 6) is -0.890. The van der Waals surface area contributed by atoms with Crippen molar-refractivity contribution >= 4 is 17.7 Å². The van der Waals surface area contributed by atoms with E-state index < -0.39 is 17.4 Å². The van der Waals surface area contributed by atoms with Crippen molar-refractivity contribution in [2.45, 2.75) is 12.0 Å². The average molecular weight is 279 g/mol. The minimum atomic E-state index is -1.33. The molecule has 108 valence electrons. The fourth-order valence-electron chi connectivity index (χ4n) is 1.98. The van der Waals surface area contributed by atoms with Crippen LogP contribution in [0, 0.1) is 0 Å². The molecule has 7 heteroatoms. The van der Waals surface area contributed by atoms with E-state index in [0.29, 0.717) is 18.0 Å². The van der Waals surface area contributed by atoms with Gasteiger partial charge in [0.2, 0.25) is 0 Å². The molecule has 1 saturated heterocycles. The number of rotatable bonds is 4. The van der Waals surface area contributed by atoms with Gasteiger partial charge in [0, 0.05) is 38.9 Å². The van der Waals surface area contributed by atoms with Gasteiger partial charge in [-0.05, 0) is 12.1 Å². The number of ether oxygens (including phenoxy) is 1.